The largest absolute Gasteiger partial charge is 0.0881 e. The van der Waals surface area contributed by atoms with Gasteiger partial charge in [0, 0.05) is 15.2 Å². The quantitative estimate of drug-likeness (QED) is 0.197. The van der Waals surface area contributed by atoms with Crippen LogP contribution in [-0.2, 0) is 5.41 Å². The lowest BCUT2D eigenvalue weighted by atomic mass is 9.70. The number of fused-ring (bicyclic) bond motifs is 12. The van der Waals surface area contributed by atoms with Gasteiger partial charge in [0.25, 0.3) is 0 Å². The fraction of sp³-hybridized carbons (Fsp3) is 0.0244. The summed E-state index contributed by atoms with van der Waals surface area (Å²) in [5, 5.41) is 2.68. The molecule has 0 atom stereocenters. The van der Waals surface area contributed by atoms with Crippen molar-refractivity contribution in [1.29, 1.82) is 0 Å². The summed E-state index contributed by atoms with van der Waals surface area (Å²) in [7, 11) is 0. The predicted molar refractivity (Wildman–Crippen MR) is 175 cm³/mol. The van der Waals surface area contributed by atoms with Gasteiger partial charge in [-0.2, -0.15) is 0 Å². The molecule has 0 N–H and O–H groups in total. The van der Waals surface area contributed by atoms with E-state index in [1.54, 1.807) is 0 Å². The molecule has 42 heavy (non-hydrogen) atoms. The van der Waals surface area contributed by atoms with E-state index in [4.69, 9.17) is 0 Å². The lowest BCUT2D eigenvalue weighted by Crippen LogP contribution is -2.25. The van der Waals surface area contributed by atoms with E-state index >= 15 is 0 Å². The summed E-state index contributed by atoms with van der Waals surface area (Å²) in [6, 6.07) is 54.6. The van der Waals surface area contributed by atoms with E-state index in [9.17, 15) is 0 Å². The van der Waals surface area contributed by atoms with Crippen LogP contribution in [0.4, 0.5) is 0 Å². The lowest BCUT2D eigenvalue weighted by molar-refractivity contribution is 0.794. The summed E-state index contributed by atoms with van der Waals surface area (Å²) in [5.74, 6) is 0. The molecule has 7 aromatic rings. The fourth-order valence-corrected chi connectivity index (χ4v) is 9.36. The van der Waals surface area contributed by atoms with Gasteiger partial charge in [0.2, 0.25) is 0 Å². The van der Waals surface area contributed by atoms with Gasteiger partial charge in [-0.3, -0.25) is 0 Å². The van der Waals surface area contributed by atoms with Crippen LogP contribution in [0.1, 0.15) is 22.3 Å². The second kappa shape index (κ2) is 8.12. The third kappa shape index (κ3) is 2.70. The van der Waals surface area contributed by atoms with E-state index in [1.165, 1.54) is 87.3 Å². The molecule has 0 unspecified atom stereocenters. The van der Waals surface area contributed by atoms with E-state index in [2.05, 4.69) is 146 Å². The van der Waals surface area contributed by atoms with Crippen molar-refractivity contribution in [3.05, 3.63) is 168 Å². The van der Waals surface area contributed by atoms with Crippen LogP contribution in [0, 0.1) is 0 Å². The Morgan fingerprint density at radius 3 is 1.62 bits per heavy atom. The predicted octanol–water partition coefficient (Wildman–Crippen LogP) is 11.0. The van der Waals surface area contributed by atoms with Crippen molar-refractivity contribution >= 4 is 22.5 Å². The van der Waals surface area contributed by atoms with Crippen molar-refractivity contribution < 1.29 is 0 Å². The van der Waals surface area contributed by atoms with Gasteiger partial charge < -0.3 is 0 Å². The summed E-state index contributed by atoms with van der Waals surface area (Å²) >= 11 is 1.92. The van der Waals surface area contributed by atoms with Gasteiger partial charge in [0.05, 0.1) is 5.41 Å². The first-order valence-electron chi connectivity index (χ1n) is 14.6. The molecule has 1 spiro atoms. The van der Waals surface area contributed by atoms with E-state index in [-0.39, 0.29) is 5.41 Å². The minimum atomic E-state index is -0.295. The number of benzene rings is 7. The van der Waals surface area contributed by atoms with E-state index in [0.717, 1.165) is 0 Å². The molecule has 1 heteroatoms. The Morgan fingerprint density at radius 2 is 0.905 bits per heavy atom. The summed E-state index contributed by atoms with van der Waals surface area (Å²) in [6.45, 7) is 0. The summed E-state index contributed by atoms with van der Waals surface area (Å²) in [4.78, 5) is 2.69. The van der Waals surface area contributed by atoms with Gasteiger partial charge in [-0.05, 0) is 84.3 Å². The maximum Gasteiger partial charge on any atom is 0.0725 e. The molecule has 0 saturated carbocycles. The molecule has 3 aliphatic rings. The van der Waals surface area contributed by atoms with Crippen LogP contribution < -0.4 is 0 Å². The Kier molecular flexibility index (Phi) is 4.41. The molecular weight excluding hydrogens is 525 g/mol. The van der Waals surface area contributed by atoms with Gasteiger partial charge >= 0.3 is 0 Å². The van der Waals surface area contributed by atoms with Crippen molar-refractivity contribution in [2.75, 3.05) is 0 Å². The number of rotatable bonds is 1. The minimum absolute atomic E-state index is 0.295. The highest BCUT2D eigenvalue weighted by molar-refractivity contribution is 8.00. The topological polar surface area (TPSA) is 0 Å². The highest BCUT2D eigenvalue weighted by Gasteiger charge is 2.51. The Hall–Kier alpha value is -4.85. The minimum Gasteiger partial charge on any atom is -0.0881 e. The molecule has 194 valence electrons. The van der Waals surface area contributed by atoms with Gasteiger partial charge in [-0.15, -0.1) is 0 Å². The molecule has 0 saturated heterocycles. The van der Waals surface area contributed by atoms with Crippen molar-refractivity contribution in [2.45, 2.75) is 15.2 Å². The van der Waals surface area contributed by atoms with Crippen LogP contribution >= 0.6 is 11.8 Å². The third-order valence-corrected chi connectivity index (χ3v) is 10.9. The number of hydrogen-bond donors (Lipinski definition) is 0. The Bertz CT molecular complexity index is 2240. The highest BCUT2D eigenvalue weighted by atomic mass is 32.2. The zero-order chi connectivity index (χ0) is 27.4. The second-order valence-electron chi connectivity index (χ2n) is 11.6. The van der Waals surface area contributed by atoms with Crippen molar-refractivity contribution in [1.82, 2.24) is 0 Å². The normalized spacial score (nSPS) is 14.3. The second-order valence-corrected chi connectivity index (χ2v) is 12.6. The smallest absolute Gasteiger partial charge is 0.0725 e. The zero-order valence-corrected chi connectivity index (χ0v) is 23.6. The van der Waals surface area contributed by atoms with Gasteiger partial charge in [-0.1, -0.05) is 145 Å². The first-order chi connectivity index (χ1) is 20.8. The molecule has 2 aliphatic carbocycles. The van der Waals surface area contributed by atoms with Gasteiger partial charge in [0.1, 0.15) is 0 Å². The van der Waals surface area contributed by atoms with Gasteiger partial charge in [0.15, 0.2) is 0 Å². The Morgan fingerprint density at radius 1 is 0.381 bits per heavy atom. The van der Waals surface area contributed by atoms with Crippen LogP contribution in [-0.4, -0.2) is 0 Å². The van der Waals surface area contributed by atoms with E-state index < -0.39 is 0 Å². The Balaban J connectivity index is 1.24. The van der Waals surface area contributed by atoms with Crippen LogP contribution in [0.25, 0.3) is 55.3 Å². The molecule has 7 aromatic carbocycles. The standard InChI is InChI=1S/C41H24S/c1-4-18-34-28(12-1)29-13-2-5-19-35(29)41(34)36-20-6-3-14-30(36)33-24-26(22-23-37(33)41)27-15-9-17-32-31-16-7-10-25-11-8-21-38(39(25)31)42-40(27)32/h1-24H. The lowest BCUT2D eigenvalue weighted by Gasteiger charge is -2.30. The SMILES string of the molecule is c1ccc2c(c1)-c1ccccc1C21c2ccccc2-c2cc(-c3cccc4c3Sc3cccc5cccc-4c35)ccc21. The third-order valence-electron chi connectivity index (χ3n) is 9.69. The molecule has 0 bridgehead atoms. The maximum atomic E-state index is 2.46. The highest BCUT2D eigenvalue weighted by Crippen LogP contribution is 2.63. The number of hydrogen-bond acceptors (Lipinski definition) is 1. The Labute approximate surface area is 249 Å². The van der Waals surface area contributed by atoms with Crippen LogP contribution in [0.5, 0.6) is 0 Å². The molecule has 0 fully saturated rings. The van der Waals surface area contributed by atoms with Crippen LogP contribution in [0.15, 0.2) is 155 Å². The first kappa shape index (κ1) is 22.8. The first-order valence-corrected chi connectivity index (χ1v) is 15.4. The van der Waals surface area contributed by atoms with Crippen LogP contribution in [0.2, 0.25) is 0 Å². The molecule has 10 rings (SSSR count). The fourth-order valence-electron chi connectivity index (χ4n) is 8.08. The van der Waals surface area contributed by atoms with E-state index in [1.807, 2.05) is 11.8 Å². The average Bonchev–Trinajstić information content (AvgIpc) is 3.52. The molecule has 1 aliphatic heterocycles. The summed E-state index contributed by atoms with van der Waals surface area (Å²) in [5.41, 5.74) is 15.9. The maximum absolute atomic E-state index is 2.46. The van der Waals surface area contributed by atoms with Crippen molar-refractivity contribution in [3.8, 4) is 44.5 Å². The summed E-state index contributed by atoms with van der Waals surface area (Å²) < 4.78 is 0. The van der Waals surface area contributed by atoms with Gasteiger partial charge in [-0.25, -0.2) is 0 Å². The van der Waals surface area contributed by atoms with Crippen LogP contribution in [0.3, 0.4) is 0 Å². The molecule has 0 aromatic heterocycles. The molecule has 0 nitrogen and oxygen atoms in total. The summed E-state index contributed by atoms with van der Waals surface area (Å²) in [6.07, 6.45) is 0. The van der Waals surface area contributed by atoms with Crippen molar-refractivity contribution in [2.24, 2.45) is 0 Å². The average molecular weight is 549 g/mol. The van der Waals surface area contributed by atoms with Crippen molar-refractivity contribution in [3.63, 3.8) is 0 Å². The zero-order valence-electron chi connectivity index (χ0n) is 22.8. The molecule has 0 radical (unpaired) electrons. The molecule has 1 heterocycles. The van der Waals surface area contributed by atoms with E-state index in [0.29, 0.717) is 0 Å². The molecular formula is C41H24S. The monoisotopic (exact) mass is 548 g/mol. The molecule has 0 amide bonds.